The van der Waals surface area contributed by atoms with Gasteiger partial charge in [-0.1, -0.05) is 38.2 Å². The third-order valence-electron chi connectivity index (χ3n) is 8.73. The Morgan fingerprint density at radius 2 is 1.63 bits per heavy atom. The van der Waals surface area contributed by atoms with Crippen molar-refractivity contribution in [1.82, 2.24) is 10.6 Å². The molecule has 2 unspecified atom stereocenters. The summed E-state index contributed by atoms with van der Waals surface area (Å²) in [6, 6.07) is 9.66. The Labute approximate surface area is 310 Å². The van der Waals surface area contributed by atoms with E-state index >= 15 is 0 Å². The summed E-state index contributed by atoms with van der Waals surface area (Å²) in [6.07, 6.45) is 13.4. The van der Waals surface area contributed by atoms with Gasteiger partial charge in [-0.05, 0) is 105 Å². The second kappa shape index (κ2) is 20.2. The summed E-state index contributed by atoms with van der Waals surface area (Å²) in [6.45, 7) is 2.92. The maximum absolute atomic E-state index is 13.5. The molecule has 2 aliphatic rings. The molecule has 52 heavy (non-hydrogen) atoms. The molecular formula is C38H49FN3O8PS. The van der Waals surface area contributed by atoms with Gasteiger partial charge < -0.3 is 40.5 Å². The van der Waals surface area contributed by atoms with Crippen LogP contribution in [0, 0.1) is 0 Å². The minimum atomic E-state index is -3.91. The largest absolute Gasteiger partial charge is 0.508 e. The van der Waals surface area contributed by atoms with E-state index in [1.807, 2.05) is 0 Å². The molecule has 1 aliphatic carbocycles. The van der Waals surface area contributed by atoms with Crippen LogP contribution in [0.1, 0.15) is 99.0 Å². The number of carbonyl (C=O) groups excluding carboxylic acids is 1. The highest BCUT2D eigenvalue weighted by Gasteiger charge is 2.30. The molecule has 2 aromatic rings. The van der Waals surface area contributed by atoms with Crippen molar-refractivity contribution < 1.29 is 42.9 Å². The third-order valence-corrected chi connectivity index (χ3v) is 10.5. The molecule has 1 aliphatic heterocycles. The summed E-state index contributed by atoms with van der Waals surface area (Å²) >= 11 is 5.44. The zero-order valence-corrected chi connectivity index (χ0v) is 31.2. The van der Waals surface area contributed by atoms with Gasteiger partial charge in [0.05, 0.1) is 24.0 Å². The topological polar surface area (TPSA) is 166 Å². The van der Waals surface area contributed by atoms with E-state index in [4.69, 9.17) is 17.0 Å². The number of aromatic hydroxyl groups is 1. The Hall–Kier alpha value is -4.19. The van der Waals surface area contributed by atoms with Crippen LogP contribution in [0.15, 0.2) is 66.0 Å². The molecule has 1 amide bonds. The van der Waals surface area contributed by atoms with Gasteiger partial charge in [-0.3, -0.25) is 9.36 Å². The van der Waals surface area contributed by atoms with E-state index in [2.05, 4.69) is 20.5 Å². The number of ether oxygens (including phenoxy) is 1. The fraction of sp³-hybridized carbons (Fsp3) is 0.447. The van der Waals surface area contributed by atoms with E-state index in [0.29, 0.717) is 59.6 Å². The first-order chi connectivity index (χ1) is 25.0. The first-order valence-electron chi connectivity index (χ1n) is 17.9. The number of thiocarbonyl (C=S) groups is 1. The number of anilines is 1. The van der Waals surface area contributed by atoms with E-state index in [1.54, 1.807) is 49.4 Å². The van der Waals surface area contributed by atoms with Crippen molar-refractivity contribution in [2.45, 2.75) is 83.7 Å². The van der Waals surface area contributed by atoms with Crippen LogP contribution >= 0.6 is 19.9 Å². The highest BCUT2D eigenvalue weighted by Crippen LogP contribution is 2.49. The van der Waals surface area contributed by atoms with Gasteiger partial charge in [0.1, 0.15) is 23.4 Å². The number of benzene rings is 2. The summed E-state index contributed by atoms with van der Waals surface area (Å²) in [4.78, 5) is 24.5. The summed E-state index contributed by atoms with van der Waals surface area (Å²) in [5.74, 6) is -0.531. The lowest BCUT2D eigenvalue weighted by Crippen LogP contribution is -2.30. The molecular weight excluding hydrogens is 708 g/mol. The molecule has 1 heterocycles. The lowest BCUT2D eigenvalue weighted by molar-refractivity contribution is -0.121. The fourth-order valence-electron chi connectivity index (χ4n) is 6.15. The van der Waals surface area contributed by atoms with E-state index in [1.165, 1.54) is 12.1 Å². The van der Waals surface area contributed by atoms with Gasteiger partial charge in [-0.2, -0.15) is 4.20 Å². The number of nitrogens with one attached hydrogen (secondary N) is 3. The Kier molecular flexibility index (Phi) is 15.7. The van der Waals surface area contributed by atoms with Gasteiger partial charge in [0.25, 0.3) is 0 Å². The molecule has 2 atom stereocenters. The highest BCUT2D eigenvalue weighted by atomic mass is 32.1. The predicted octanol–water partition coefficient (Wildman–Crippen LogP) is 8.56. The van der Waals surface area contributed by atoms with Crippen LogP contribution in [0.25, 0.3) is 5.57 Å². The molecule has 0 radical (unpaired) electrons. The monoisotopic (exact) mass is 757 g/mol. The van der Waals surface area contributed by atoms with Gasteiger partial charge in [-0.25, -0.2) is 4.79 Å². The average molecular weight is 758 g/mol. The van der Waals surface area contributed by atoms with Crippen molar-refractivity contribution in [3.63, 3.8) is 0 Å². The number of phenols is 1. The third kappa shape index (κ3) is 12.5. The van der Waals surface area contributed by atoms with E-state index in [-0.39, 0.29) is 40.9 Å². The first kappa shape index (κ1) is 40.6. The number of aliphatic hydroxyl groups excluding tert-OH is 1. The number of hydrogen-bond donors (Lipinski definition) is 6. The number of halogens is 1. The van der Waals surface area contributed by atoms with Crippen molar-refractivity contribution in [2.75, 3.05) is 31.2 Å². The van der Waals surface area contributed by atoms with Crippen molar-refractivity contribution >= 4 is 48.1 Å². The lowest BCUT2D eigenvalue weighted by atomic mass is 9.85. The molecule has 0 bridgehead atoms. The number of rotatable bonds is 21. The summed E-state index contributed by atoms with van der Waals surface area (Å²) in [5.41, 5.74) is 2.73. The second-order valence-corrected chi connectivity index (χ2v) is 15.1. The number of carboxylic acids is 1. The highest BCUT2D eigenvalue weighted by molar-refractivity contribution is 7.80. The molecule has 0 aromatic heterocycles. The van der Waals surface area contributed by atoms with E-state index in [0.717, 1.165) is 57.8 Å². The number of fused-ring (bicyclic) bond motifs is 2. The van der Waals surface area contributed by atoms with Crippen molar-refractivity contribution in [3.8, 4) is 11.5 Å². The maximum Gasteiger partial charge on any atom is 0.367 e. The molecule has 2 aromatic carbocycles. The van der Waals surface area contributed by atoms with Crippen LogP contribution in [0.2, 0.25) is 0 Å². The number of aliphatic hydroxyl groups is 1. The van der Waals surface area contributed by atoms with Crippen LogP contribution in [0.5, 0.6) is 11.5 Å². The second-order valence-electron chi connectivity index (χ2n) is 12.8. The Bertz CT molecular complexity index is 1730. The molecule has 282 valence electrons. The van der Waals surface area contributed by atoms with Crippen LogP contribution in [0.3, 0.4) is 0 Å². The van der Waals surface area contributed by atoms with Crippen LogP contribution in [-0.4, -0.2) is 64.3 Å². The fourth-order valence-corrected chi connectivity index (χ4v) is 7.48. The number of allylic oxidation sites excluding steroid dienone is 1. The SMILES string of the molecule is CCOP(=O)(F)CCCCCCCCCC(=O)NCCCCCNC(=S)Nc1ccc(C2=C3C=C(O)C=CC3Oc3ccc(O)cc32)cc1C(=O)O. The number of phenolic OH excluding ortho intramolecular Hbond substituents is 1. The number of carbonyl (C=O) groups is 2. The van der Waals surface area contributed by atoms with Crippen LogP contribution < -0.4 is 20.7 Å². The van der Waals surface area contributed by atoms with Gasteiger partial charge in [0, 0.05) is 36.2 Å². The number of carboxylic acid groups (broad SMARTS) is 1. The Morgan fingerprint density at radius 1 is 0.942 bits per heavy atom. The summed E-state index contributed by atoms with van der Waals surface area (Å²) in [5, 5.41) is 39.9. The smallest absolute Gasteiger partial charge is 0.367 e. The quantitative estimate of drug-likeness (QED) is 0.0410. The molecule has 14 heteroatoms. The van der Waals surface area contributed by atoms with Gasteiger partial charge in [0.2, 0.25) is 5.91 Å². The van der Waals surface area contributed by atoms with E-state index < -0.39 is 19.8 Å². The maximum atomic E-state index is 13.5. The molecule has 0 saturated carbocycles. The summed E-state index contributed by atoms with van der Waals surface area (Å²) < 4.78 is 35.7. The van der Waals surface area contributed by atoms with E-state index in [9.17, 15) is 33.7 Å². The zero-order chi connectivity index (χ0) is 37.5. The molecule has 0 fully saturated rings. The molecule has 0 spiro atoms. The Balaban J connectivity index is 1.14. The first-order valence-corrected chi connectivity index (χ1v) is 20.0. The van der Waals surface area contributed by atoms with Crippen molar-refractivity contribution in [1.29, 1.82) is 0 Å². The minimum Gasteiger partial charge on any atom is -0.508 e. The molecule has 0 saturated heterocycles. The molecule has 11 nitrogen and oxygen atoms in total. The molecule has 4 rings (SSSR count). The summed E-state index contributed by atoms with van der Waals surface area (Å²) in [7, 11) is -3.91. The van der Waals surface area contributed by atoms with Gasteiger partial charge in [0.15, 0.2) is 5.11 Å². The van der Waals surface area contributed by atoms with Crippen LogP contribution in [0.4, 0.5) is 9.88 Å². The standard InChI is InChI=1S/C38H49FN3O8PS/c1-2-49-51(39,48)22-12-7-5-3-4-6-9-13-35(45)40-20-10-8-11-21-41-38(52)42-32-17-14-26(23-29(32)37(46)47)36-30-24-27(43)15-18-33(30)50-34-19-16-28(44)25-31(34)36/h14-19,23-25,33,43-44H,2-13,20-22H2,1H3,(H,40,45)(H,46,47)(H2,41,42,52). The zero-order valence-electron chi connectivity index (χ0n) is 29.5. The number of aromatic carboxylic acids is 1. The van der Waals surface area contributed by atoms with Crippen molar-refractivity contribution in [3.05, 3.63) is 82.6 Å². The van der Waals surface area contributed by atoms with Crippen molar-refractivity contribution in [2.24, 2.45) is 0 Å². The number of hydrogen-bond acceptors (Lipinski definition) is 8. The van der Waals surface area contributed by atoms with Gasteiger partial charge >= 0.3 is 13.6 Å². The predicted molar refractivity (Wildman–Crippen MR) is 205 cm³/mol. The normalized spacial score (nSPS) is 15.8. The van der Waals surface area contributed by atoms with Crippen LogP contribution in [-0.2, 0) is 13.9 Å². The van der Waals surface area contributed by atoms with Gasteiger partial charge in [-0.15, -0.1) is 0 Å². The minimum absolute atomic E-state index is 0.00314. The molecule has 6 N–H and O–H groups in total. The lowest BCUT2D eigenvalue weighted by Gasteiger charge is -2.30. The number of amides is 1. The number of unbranched alkanes of at least 4 members (excludes halogenated alkanes) is 8. The average Bonchev–Trinajstić information content (AvgIpc) is 3.09. The Morgan fingerprint density at radius 3 is 2.37 bits per heavy atom.